The van der Waals surface area contributed by atoms with Crippen molar-refractivity contribution < 1.29 is 14.4 Å². The molecule has 0 amide bonds. The van der Waals surface area contributed by atoms with Crippen molar-refractivity contribution in [3.8, 4) is 11.5 Å². The van der Waals surface area contributed by atoms with Gasteiger partial charge in [0.2, 0.25) is 0 Å². The number of anilines is 1. The fourth-order valence-corrected chi connectivity index (χ4v) is 2.97. The van der Waals surface area contributed by atoms with Crippen LogP contribution in [0.15, 0.2) is 12.1 Å². The molecule has 7 heteroatoms. The van der Waals surface area contributed by atoms with Gasteiger partial charge in [0.15, 0.2) is 11.5 Å². The lowest BCUT2D eigenvalue weighted by molar-refractivity contribution is -0.384. The number of nitro benzene ring substituents is 1. The molecular formula is C14H19N3O4. The Balaban J connectivity index is 1.91. The van der Waals surface area contributed by atoms with Crippen LogP contribution in [0.2, 0.25) is 0 Å². The monoisotopic (exact) mass is 293 g/mol. The van der Waals surface area contributed by atoms with Crippen molar-refractivity contribution in [2.75, 3.05) is 44.8 Å². The fraction of sp³-hybridized carbons (Fsp3) is 0.571. The number of benzene rings is 1. The van der Waals surface area contributed by atoms with Gasteiger partial charge in [-0.1, -0.05) is 0 Å². The van der Waals surface area contributed by atoms with E-state index >= 15 is 0 Å². The molecule has 114 valence electrons. The molecule has 2 aliphatic rings. The third-order valence-corrected chi connectivity index (χ3v) is 3.96. The van der Waals surface area contributed by atoms with E-state index in [0.717, 1.165) is 26.1 Å². The standard InChI is InChI=1S/C14H19N3O4/c1-15-8-10-2-3-16(9-10)11-6-13-14(21-5-4-20-13)7-12(11)17(18)19/h6-7,10,15H,2-5,8-9H2,1H3. The van der Waals surface area contributed by atoms with Crippen molar-refractivity contribution in [2.45, 2.75) is 6.42 Å². The van der Waals surface area contributed by atoms with Gasteiger partial charge < -0.3 is 19.7 Å². The van der Waals surface area contributed by atoms with Crippen molar-refractivity contribution in [1.82, 2.24) is 5.32 Å². The topological polar surface area (TPSA) is 76.9 Å². The Kier molecular flexibility index (Phi) is 3.83. The minimum atomic E-state index is -0.348. The first-order valence-electron chi connectivity index (χ1n) is 7.16. The summed E-state index contributed by atoms with van der Waals surface area (Å²) in [5.74, 6) is 1.57. The van der Waals surface area contributed by atoms with Crippen LogP contribution in [0.4, 0.5) is 11.4 Å². The SMILES string of the molecule is CNCC1CCN(c2cc3c(cc2[N+](=O)[O-])OCCO3)C1. The first-order chi connectivity index (χ1) is 10.2. The predicted octanol–water partition coefficient (Wildman–Crippen LogP) is 1.41. The molecule has 0 aliphatic carbocycles. The van der Waals surface area contributed by atoms with E-state index in [9.17, 15) is 10.1 Å². The Labute approximate surface area is 123 Å². The van der Waals surface area contributed by atoms with Gasteiger partial charge in [0.05, 0.1) is 11.0 Å². The van der Waals surface area contributed by atoms with Gasteiger partial charge in [0.1, 0.15) is 18.9 Å². The molecule has 2 aliphatic heterocycles. The van der Waals surface area contributed by atoms with Crippen LogP contribution in [0.3, 0.4) is 0 Å². The Morgan fingerprint density at radius 1 is 1.38 bits per heavy atom. The minimum Gasteiger partial charge on any atom is -0.486 e. The summed E-state index contributed by atoms with van der Waals surface area (Å²) in [6.45, 7) is 3.48. The molecule has 1 aromatic rings. The summed E-state index contributed by atoms with van der Waals surface area (Å²) in [5, 5.41) is 14.5. The third kappa shape index (κ3) is 2.73. The molecule has 1 aromatic carbocycles. The second-order valence-electron chi connectivity index (χ2n) is 5.40. The summed E-state index contributed by atoms with van der Waals surface area (Å²) in [6, 6.07) is 3.23. The van der Waals surface area contributed by atoms with Crippen LogP contribution in [0.25, 0.3) is 0 Å². The summed E-state index contributed by atoms with van der Waals surface area (Å²) < 4.78 is 11.0. The van der Waals surface area contributed by atoms with Crippen molar-refractivity contribution >= 4 is 11.4 Å². The molecule has 7 nitrogen and oxygen atoms in total. The molecule has 1 N–H and O–H groups in total. The highest BCUT2D eigenvalue weighted by Crippen LogP contribution is 2.42. The molecule has 0 aromatic heterocycles. The average Bonchev–Trinajstić information content (AvgIpc) is 2.94. The molecule has 0 radical (unpaired) electrons. The van der Waals surface area contributed by atoms with Gasteiger partial charge in [-0.2, -0.15) is 0 Å². The van der Waals surface area contributed by atoms with E-state index in [1.54, 1.807) is 6.07 Å². The van der Waals surface area contributed by atoms with Gasteiger partial charge in [0.25, 0.3) is 5.69 Å². The number of ether oxygens (including phenoxy) is 2. The summed E-state index contributed by atoms with van der Waals surface area (Å²) >= 11 is 0. The predicted molar refractivity (Wildman–Crippen MR) is 78.3 cm³/mol. The molecule has 1 fully saturated rings. The zero-order chi connectivity index (χ0) is 14.8. The van der Waals surface area contributed by atoms with Gasteiger partial charge in [-0.05, 0) is 25.9 Å². The average molecular weight is 293 g/mol. The molecule has 1 unspecified atom stereocenters. The summed E-state index contributed by atoms with van der Waals surface area (Å²) in [4.78, 5) is 13.1. The molecule has 21 heavy (non-hydrogen) atoms. The maximum Gasteiger partial charge on any atom is 0.296 e. The van der Waals surface area contributed by atoms with E-state index in [4.69, 9.17) is 9.47 Å². The summed E-state index contributed by atoms with van der Waals surface area (Å²) in [7, 11) is 1.93. The number of nitrogens with one attached hydrogen (secondary N) is 1. The van der Waals surface area contributed by atoms with E-state index in [2.05, 4.69) is 10.2 Å². The quantitative estimate of drug-likeness (QED) is 0.668. The van der Waals surface area contributed by atoms with E-state index in [0.29, 0.717) is 36.3 Å². The molecule has 2 heterocycles. The lowest BCUT2D eigenvalue weighted by atomic mass is 10.1. The molecule has 0 spiro atoms. The smallest absolute Gasteiger partial charge is 0.296 e. The second kappa shape index (κ2) is 5.77. The van der Waals surface area contributed by atoms with Crippen LogP contribution in [-0.4, -0.2) is 44.8 Å². The van der Waals surface area contributed by atoms with Crippen LogP contribution < -0.4 is 19.7 Å². The van der Waals surface area contributed by atoms with Gasteiger partial charge in [-0.15, -0.1) is 0 Å². The molecule has 3 rings (SSSR count). The van der Waals surface area contributed by atoms with E-state index in [1.807, 2.05) is 7.05 Å². The van der Waals surface area contributed by atoms with Crippen LogP contribution >= 0.6 is 0 Å². The van der Waals surface area contributed by atoms with Gasteiger partial charge >= 0.3 is 0 Å². The number of hydrogen-bond donors (Lipinski definition) is 1. The number of fused-ring (bicyclic) bond motifs is 1. The maximum atomic E-state index is 11.3. The van der Waals surface area contributed by atoms with Gasteiger partial charge in [0, 0.05) is 19.2 Å². The zero-order valence-electron chi connectivity index (χ0n) is 12.0. The molecule has 0 saturated carbocycles. The number of nitrogens with zero attached hydrogens (tertiary/aromatic N) is 2. The fourth-order valence-electron chi connectivity index (χ4n) is 2.97. The summed E-state index contributed by atoms with van der Waals surface area (Å²) in [6.07, 6.45) is 1.03. The Hall–Kier alpha value is -2.02. The Bertz CT molecular complexity index is 549. The van der Waals surface area contributed by atoms with Gasteiger partial charge in [-0.3, -0.25) is 10.1 Å². The lowest BCUT2D eigenvalue weighted by Crippen LogP contribution is -2.25. The second-order valence-corrected chi connectivity index (χ2v) is 5.40. The van der Waals surface area contributed by atoms with Crippen molar-refractivity contribution in [2.24, 2.45) is 5.92 Å². The van der Waals surface area contributed by atoms with E-state index < -0.39 is 0 Å². The van der Waals surface area contributed by atoms with Crippen LogP contribution in [-0.2, 0) is 0 Å². The third-order valence-electron chi connectivity index (χ3n) is 3.96. The van der Waals surface area contributed by atoms with Crippen molar-refractivity contribution in [3.63, 3.8) is 0 Å². The van der Waals surface area contributed by atoms with Gasteiger partial charge in [-0.25, -0.2) is 0 Å². The summed E-state index contributed by atoms with van der Waals surface area (Å²) in [5.41, 5.74) is 0.715. The first-order valence-corrected chi connectivity index (χ1v) is 7.16. The highest BCUT2D eigenvalue weighted by molar-refractivity contribution is 5.70. The largest absolute Gasteiger partial charge is 0.486 e. The number of nitro groups is 1. The van der Waals surface area contributed by atoms with Crippen LogP contribution in [0.5, 0.6) is 11.5 Å². The molecule has 1 atom stereocenters. The highest BCUT2D eigenvalue weighted by Gasteiger charge is 2.30. The molecule has 1 saturated heterocycles. The Morgan fingerprint density at radius 3 is 2.76 bits per heavy atom. The normalized spacial score (nSPS) is 20.6. The van der Waals surface area contributed by atoms with Crippen molar-refractivity contribution in [3.05, 3.63) is 22.2 Å². The highest BCUT2D eigenvalue weighted by atomic mass is 16.6. The van der Waals surface area contributed by atoms with E-state index in [-0.39, 0.29) is 10.6 Å². The van der Waals surface area contributed by atoms with E-state index in [1.165, 1.54) is 6.07 Å². The molecule has 0 bridgehead atoms. The minimum absolute atomic E-state index is 0.0874. The lowest BCUT2D eigenvalue weighted by Gasteiger charge is -2.23. The van der Waals surface area contributed by atoms with Crippen LogP contribution in [0.1, 0.15) is 6.42 Å². The maximum absolute atomic E-state index is 11.3. The molecular weight excluding hydrogens is 274 g/mol. The number of hydrogen-bond acceptors (Lipinski definition) is 6. The zero-order valence-corrected chi connectivity index (χ0v) is 12.0. The van der Waals surface area contributed by atoms with Crippen LogP contribution in [0, 0.1) is 16.0 Å². The first kappa shape index (κ1) is 13.9. The van der Waals surface area contributed by atoms with Crippen molar-refractivity contribution in [1.29, 1.82) is 0 Å². The Morgan fingerprint density at radius 2 is 2.10 bits per heavy atom. The number of rotatable bonds is 4.